The molecule has 0 radical (unpaired) electrons. The average molecular weight is 267 g/mol. The molecule has 1 aromatic carbocycles. The zero-order valence-corrected chi connectivity index (χ0v) is 9.91. The Balaban J connectivity index is 2.32. The monoisotopic (exact) mass is 267 g/mol. The van der Waals surface area contributed by atoms with Crippen LogP contribution in [0.4, 0.5) is 13.2 Å². The van der Waals surface area contributed by atoms with Gasteiger partial charge in [-0.25, -0.2) is 13.2 Å². The maximum Gasteiger partial charge on any atom is 0.146 e. The molecule has 1 heterocycles. The minimum absolute atomic E-state index is 0.0210. The smallest absolute Gasteiger partial charge is 0.146 e. The second-order valence-electron chi connectivity index (χ2n) is 3.99. The lowest BCUT2D eigenvalue weighted by Gasteiger charge is -2.16. The van der Waals surface area contributed by atoms with Gasteiger partial charge in [-0.05, 0) is 24.3 Å². The molecule has 1 atom stereocenters. The van der Waals surface area contributed by atoms with Gasteiger partial charge < -0.3 is 0 Å². The van der Waals surface area contributed by atoms with Crippen LogP contribution in [-0.4, -0.2) is 4.98 Å². The minimum atomic E-state index is -0.812. The standard InChI is InChI=1S/C13H12F3N3/c14-9-3-1-4-10(15)8(9)7-12(19-17)13-11(16)5-2-6-18-13/h1-6,12,19H,7,17H2. The molecular formula is C13H12F3N3. The highest BCUT2D eigenvalue weighted by atomic mass is 19.1. The fourth-order valence-electron chi connectivity index (χ4n) is 1.82. The van der Waals surface area contributed by atoms with Crippen molar-refractivity contribution < 1.29 is 13.2 Å². The maximum atomic E-state index is 13.6. The van der Waals surface area contributed by atoms with Crippen LogP contribution in [0, 0.1) is 17.5 Å². The first-order chi connectivity index (χ1) is 9.13. The van der Waals surface area contributed by atoms with Crippen LogP contribution in [0.2, 0.25) is 0 Å². The summed E-state index contributed by atoms with van der Waals surface area (Å²) >= 11 is 0. The number of nitrogens with one attached hydrogen (secondary N) is 1. The number of nitrogens with zero attached hydrogens (tertiary/aromatic N) is 1. The lowest BCUT2D eigenvalue weighted by Crippen LogP contribution is -2.31. The first-order valence-electron chi connectivity index (χ1n) is 5.63. The van der Waals surface area contributed by atoms with Crippen LogP contribution in [0.25, 0.3) is 0 Å². The maximum absolute atomic E-state index is 13.6. The Bertz CT molecular complexity index is 555. The summed E-state index contributed by atoms with van der Waals surface area (Å²) in [6.07, 6.45) is 1.25. The van der Waals surface area contributed by atoms with Gasteiger partial charge in [0.1, 0.15) is 17.5 Å². The number of aromatic nitrogens is 1. The van der Waals surface area contributed by atoms with Gasteiger partial charge in [0, 0.05) is 18.2 Å². The second kappa shape index (κ2) is 5.81. The summed E-state index contributed by atoms with van der Waals surface area (Å²) in [6.45, 7) is 0. The van der Waals surface area contributed by atoms with Crippen molar-refractivity contribution in [3.05, 3.63) is 65.2 Å². The van der Waals surface area contributed by atoms with Crippen LogP contribution < -0.4 is 11.3 Å². The molecule has 0 aliphatic rings. The predicted octanol–water partition coefficient (Wildman–Crippen LogP) is 2.25. The van der Waals surface area contributed by atoms with Gasteiger partial charge in [0.15, 0.2) is 0 Å². The Labute approximate surface area is 108 Å². The Morgan fingerprint density at radius 2 is 1.68 bits per heavy atom. The number of benzene rings is 1. The molecule has 2 rings (SSSR count). The molecule has 0 aliphatic heterocycles. The third kappa shape index (κ3) is 2.91. The Morgan fingerprint density at radius 3 is 2.26 bits per heavy atom. The Morgan fingerprint density at radius 1 is 1.05 bits per heavy atom. The van der Waals surface area contributed by atoms with E-state index in [0.29, 0.717) is 0 Å². The quantitative estimate of drug-likeness (QED) is 0.660. The number of rotatable bonds is 4. The van der Waals surface area contributed by atoms with Crippen molar-refractivity contribution in [2.45, 2.75) is 12.5 Å². The third-order valence-electron chi connectivity index (χ3n) is 2.79. The summed E-state index contributed by atoms with van der Waals surface area (Å²) in [5, 5.41) is 0. The van der Waals surface area contributed by atoms with Gasteiger partial charge in [-0.2, -0.15) is 0 Å². The van der Waals surface area contributed by atoms with Gasteiger partial charge in [0.2, 0.25) is 0 Å². The number of hydrazine groups is 1. The summed E-state index contributed by atoms with van der Waals surface area (Å²) in [4.78, 5) is 3.84. The summed E-state index contributed by atoms with van der Waals surface area (Å²) in [6, 6.07) is 5.37. The molecule has 3 N–H and O–H groups in total. The van der Waals surface area contributed by atoms with Crippen LogP contribution >= 0.6 is 0 Å². The highest BCUT2D eigenvalue weighted by Crippen LogP contribution is 2.22. The summed E-state index contributed by atoms with van der Waals surface area (Å²) in [5.41, 5.74) is 2.19. The Kier molecular flexibility index (Phi) is 4.13. The summed E-state index contributed by atoms with van der Waals surface area (Å²) in [7, 11) is 0. The molecule has 3 nitrogen and oxygen atoms in total. The normalized spacial score (nSPS) is 12.4. The predicted molar refractivity (Wildman–Crippen MR) is 64.3 cm³/mol. The summed E-state index contributed by atoms with van der Waals surface area (Å²) in [5.74, 6) is 3.34. The largest absolute Gasteiger partial charge is 0.271 e. The van der Waals surface area contributed by atoms with Crippen molar-refractivity contribution in [1.82, 2.24) is 10.4 Å². The van der Waals surface area contributed by atoms with E-state index in [1.54, 1.807) is 0 Å². The van der Waals surface area contributed by atoms with E-state index in [0.717, 1.165) is 12.1 Å². The van der Waals surface area contributed by atoms with E-state index >= 15 is 0 Å². The number of pyridine rings is 1. The highest BCUT2D eigenvalue weighted by Gasteiger charge is 2.20. The van der Waals surface area contributed by atoms with Gasteiger partial charge in [-0.15, -0.1) is 0 Å². The van der Waals surface area contributed by atoms with Crippen LogP contribution in [0.1, 0.15) is 17.3 Å². The first-order valence-corrected chi connectivity index (χ1v) is 5.63. The summed E-state index contributed by atoms with van der Waals surface area (Å²) < 4.78 is 40.7. The van der Waals surface area contributed by atoms with Crippen molar-refractivity contribution in [2.24, 2.45) is 5.84 Å². The van der Waals surface area contributed by atoms with Crippen LogP contribution in [-0.2, 0) is 6.42 Å². The van der Waals surface area contributed by atoms with Crippen LogP contribution in [0.3, 0.4) is 0 Å². The fourth-order valence-corrected chi connectivity index (χ4v) is 1.82. The van der Waals surface area contributed by atoms with Crippen molar-refractivity contribution >= 4 is 0 Å². The van der Waals surface area contributed by atoms with E-state index in [1.807, 2.05) is 0 Å². The SMILES string of the molecule is NNC(Cc1c(F)cccc1F)c1ncccc1F. The lowest BCUT2D eigenvalue weighted by molar-refractivity contribution is 0.469. The van der Waals surface area contributed by atoms with Gasteiger partial charge >= 0.3 is 0 Å². The molecule has 0 amide bonds. The lowest BCUT2D eigenvalue weighted by atomic mass is 10.0. The van der Waals surface area contributed by atoms with E-state index in [-0.39, 0.29) is 17.7 Å². The zero-order valence-electron chi connectivity index (χ0n) is 9.91. The molecule has 0 bridgehead atoms. The third-order valence-corrected chi connectivity index (χ3v) is 2.79. The van der Waals surface area contributed by atoms with Crippen molar-refractivity contribution in [2.75, 3.05) is 0 Å². The highest BCUT2D eigenvalue weighted by molar-refractivity contribution is 5.23. The van der Waals surface area contributed by atoms with Crippen molar-refractivity contribution in [1.29, 1.82) is 0 Å². The van der Waals surface area contributed by atoms with Gasteiger partial charge in [0.05, 0.1) is 11.7 Å². The fraction of sp³-hybridized carbons (Fsp3) is 0.154. The molecule has 19 heavy (non-hydrogen) atoms. The first kappa shape index (κ1) is 13.5. The molecule has 0 saturated heterocycles. The minimum Gasteiger partial charge on any atom is -0.271 e. The van der Waals surface area contributed by atoms with Crippen LogP contribution in [0.5, 0.6) is 0 Å². The molecule has 2 aromatic rings. The number of halogens is 3. The Hall–Kier alpha value is -1.92. The zero-order chi connectivity index (χ0) is 13.8. The van der Waals surface area contributed by atoms with Gasteiger partial charge in [0.25, 0.3) is 0 Å². The van der Waals surface area contributed by atoms with Crippen molar-refractivity contribution in [3.63, 3.8) is 0 Å². The van der Waals surface area contributed by atoms with Gasteiger partial charge in [-0.3, -0.25) is 16.3 Å². The molecule has 0 spiro atoms. The molecule has 0 saturated carbocycles. The number of hydrogen-bond acceptors (Lipinski definition) is 3. The molecule has 6 heteroatoms. The topological polar surface area (TPSA) is 50.9 Å². The second-order valence-corrected chi connectivity index (χ2v) is 3.99. The number of hydrogen-bond donors (Lipinski definition) is 2. The van der Waals surface area contributed by atoms with E-state index in [4.69, 9.17) is 5.84 Å². The molecule has 1 aromatic heterocycles. The molecular weight excluding hydrogens is 255 g/mol. The average Bonchev–Trinajstić information content (AvgIpc) is 2.40. The van der Waals surface area contributed by atoms with Crippen molar-refractivity contribution in [3.8, 4) is 0 Å². The molecule has 1 unspecified atom stereocenters. The van der Waals surface area contributed by atoms with E-state index < -0.39 is 23.5 Å². The van der Waals surface area contributed by atoms with E-state index in [1.165, 1.54) is 24.4 Å². The van der Waals surface area contributed by atoms with E-state index in [9.17, 15) is 13.2 Å². The van der Waals surface area contributed by atoms with E-state index in [2.05, 4.69) is 10.4 Å². The van der Waals surface area contributed by atoms with Gasteiger partial charge in [-0.1, -0.05) is 6.07 Å². The number of nitrogens with two attached hydrogens (primary N) is 1. The molecule has 0 aliphatic carbocycles. The molecule has 100 valence electrons. The van der Waals surface area contributed by atoms with Crippen LogP contribution in [0.15, 0.2) is 36.5 Å². The molecule has 0 fully saturated rings.